The summed E-state index contributed by atoms with van der Waals surface area (Å²) in [5, 5.41) is 0. The average Bonchev–Trinajstić information content (AvgIpc) is 2.15. The molecule has 0 aliphatic heterocycles. The average molecular weight is 189 g/mol. The van der Waals surface area contributed by atoms with Gasteiger partial charge in [-0.25, -0.2) is 4.39 Å². The molecule has 0 amide bonds. The minimum absolute atomic E-state index is 0.00919. The van der Waals surface area contributed by atoms with E-state index in [0.717, 1.165) is 5.56 Å². The lowest BCUT2D eigenvalue weighted by Crippen LogP contribution is -2.47. The molecule has 0 saturated heterocycles. The van der Waals surface area contributed by atoms with E-state index in [1.54, 1.807) is 0 Å². The number of hydrogen-bond donors (Lipinski definition) is 1. The number of nitrogens with two attached hydrogens (primary N) is 1. The van der Waals surface area contributed by atoms with Crippen molar-refractivity contribution in [1.82, 2.24) is 0 Å². The lowest BCUT2D eigenvalue weighted by atomic mass is 9.78. The zero-order valence-corrected chi connectivity index (χ0v) is 7.83. The third kappa shape index (κ3) is 1.94. The van der Waals surface area contributed by atoms with Gasteiger partial charge in [0.1, 0.15) is 0 Å². The second-order valence-electron chi connectivity index (χ2n) is 3.75. The minimum Gasteiger partial charge on any atom is -0.327 e. The van der Waals surface area contributed by atoms with Crippen LogP contribution < -0.4 is 5.73 Å². The van der Waals surface area contributed by atoms with Crippen LogP contribution in [0.3, 0.4) is 0 Å². The Bertz CT molecular complexity index is 368. The third-order valence-electron chi connectivity index (χ3n) is 2.38. The van der Waals surface area contributed by atoms with Gasteiger partial charge in [-0.05, 0) is 12.1 Å². The molecule has 72 valence electrons. The summed E-state index contributed by atoms with van der Waals surface area (Å²) < 4.78 is 13.6. The third-order valence-corrected chi connectivity index (χ3v) is 2.38. The quantitative estimate of drug-likeness (QED) is 0.619. The molecule has 0 aromatic heterocycles. The van der Waals surface area contributed by atoms with Gasteiger partial charge < -0.3 is 5.73 Å². The van der Waals surface area contributed by atoms with E-state index >= 15 is 0 Å². The Morgan fingerprint density at radius 3 is 2.50 bits per heavy atom. The molecule has 1 aliphatic carbocycles. The molecule has 1 fully saturated rings. The predicted octanol–water partition coefficient (Wildman–Crippen LogP) is 1.87. The van der Waals surface area contributed by atoms with Crippen molar-refractivity contribution in [3.63, 3.8) is 0 Å². The summed E-state index contributed by atoms with van der Waals surface area (Å²) >= 11 is 0. The van der Waals surface area contributed by atoms with Crippen LogP contribution in [-0.4, -0.2) is 11.7 Å². The zero-order chi connectivity index (χ0) is 10.0. The van der Waals surface area contributed by atoms with Crippen LogP contribution in [0.2, 0.25) is 0 Å². The van der Waals surface area contributed by atoms with E-state index in [1.807, 2.05) is 30.3 Å². The fourth-order valence-corrected chi connectivity index (χ4v) is 1.58. The van der Waals surface area contributed by atoms with Crippen LogP contribution in [-0.2, 0) is 0 Å². The summed E-state index contributed by atoms with van der Waals surface area (Å²) in [6.07, 6.45) is 0.736. The molecule has 0 radical (unpaired) electrons. The van der Waals surface area contributed by atoms with Gasteiger partial charge in [-0.2, -0.15) is 0 Å². The molecule has 1 aliphatic rings. The molecule has 2 heteroatoms. The first-order valence-corrected chi connectivity index (χ1v) is 4.71. The summed E-state index contributed by atoms with van der Waals surface area (Å²) in [4.78, 5) is 0. The summed E-state index contributed by atoms with van der Waals surface area (Å²) in [6, 6.07) is 9.42. The fourth-order valence-electron chi connectivity index (χ4n) is 1.58. The van der Waals surface area contributed by atoms with Crippen LogP contribution >= 0.6 is 0 Å². The molecule has 0 spiro atoms. The number of hydrogen-bond acceptors (Lipinski definition) is 1. The Morgan fingerprint density at radius 2 is 1.93 bits per heavy atom. The first-order chi connectivity index (χ1) is 6.68. The largest absolute Gasteiger partial charge is 0.327 e. The van der Waals surface area contributed by atoms with Crippen molar-refractivity contribution in [1.29, 1.82) is 0 Å². The standard InChI is InChI=1S/C12H12FN/c13-12(8-11(14)9-12)7-6-10-4-2-1-3-5-10/h1-5,11H,8-9,14H2. The van der Waals surface area contributed by atoms with Gasteiger partial charge in [0.15, 0.2) is 5.67 Å². The fraction of sp³-hybridized carbons (Fsp3) is 0.333. The van der Waals surface area contributed by atoms with Gasteiger partial charge in [0, 0.05) is 24.4 Å². The maximum atomic E-state index is 13.6. The van der Waals surface area contributed by atoms with Crippen molar-refractivity contribution >= 4 is 0 Å². The molecule has 0 atom stereocenters. The highest BCUT2D eigenvalue weighted by Gasteiger charge is 2.41. The van der Waals surface area contributed by atoms with Gasteiger partial charge in [0.25, 0.3) is 0 Å². The van der Waals surface area contributed by atoms with Crippen molar-refractivity contribution in [3.05, 3.63) is 35.9 Å². The Balaban J connectivity index is 2.08. The van der Waals surface area contributed by atoms with Crippen LogP contribution in [0, 0.1) is 11.8 Å². The lowest BCUT2D eigenvalue weighted by molar-refractivity contribution is 0.107. The number of halogens is 1. The van der Waals surface area contributed by atoms with Gasteiger partial charge in [0.2, 0.25) is 0 Å². The van der Waals surface area contributed by atoms with E-state index in [0.29, 0.717) is 12.8 Å². The van der Waals surface area contributed by atoms with Gasteiger partial charge in [-0.3, -0.25) is 0 Å². The molecule has 0 bridgehead atoms. The lowest BCUT2D eigenvalue weighted by Gasteiger charge is -2.34. The molecule has 0 unspecified atom stereocenters. The summed E-state index contributed by atoms with van der Waals surface area (Å²) in [6.45, 7) is 0. The first-order valence-electron chi connectivity index (χ1n) is 4.71. The molecule has 2 N–H and O–H groups in total. The topological polar surface area (TPSA) is 26.0 Å². The molecule has 14 heavy (non-hydrogen) atoms. The van der Waals surface area contributed by atoms with Crippen LogP contribution in [0.5, 0.6) is 0 Å². The van der Waals surface area contributed by atoms with Crippen molar-refractivity contribution in [2.75, 3.05) is 0 Å². The van der Waals surface area contributed by atoms with Gasteiger partial charge >= 0.3 is 0 Å². The monoisotopic (exact) mass is 189 g/mol. The molecule has 0 heterocycles. The van der Waals surface area contributed by atoms with E-state index in [4.69, 9.17) is 5.73 Å². The SMILES string of the molecule is NC1CC(F)(C#Cc2ccccc2)C1. The molecule has 1 nitrogen and oxygen atoms in total. The van der Waals surface area contributed by atoms with E-state index in [2.05, 4.69) is 11.8 Å². The van der Waals surface area contributed by atoms with Crippen LogP contribution in [0.4, 0.5) is 4.39 Å². The Hall–Kier alpha value is -1.33. The number of rotatable bonds is 0. The predicted molar refractivity (Wildman–Crippen MR) is 54.4 cm³/mol. The van der Waals surface area contributed by atoms with E-state index in [-0.39, 0.29) is 6.04 Å². The molecular formula is C12H12FN. The van der Waals surface area contributed by atoms with Crippen LogP contribution in [0.25, 0.3) is 0 Å². The van der Waals surface area contributed by atoms with Crippen molar-refractivity contribution in [3.8, 4) is 11.8 Å². The maximum Gasteiger partial charge on any atom is 0.174 e. The van der Waals surface area contributed by atoms with Crippen molar-refractivity contribution < 1.29 is 4.39 Å². The molecule has 1 saturated carbocycles. The van der Waals surface area contributed by atoms with Gasteiger partial charge in [-0.1, -0.05) is 30.0 Å². The summed E-state index contributed by atoms with van der Waals surface area (Å²) in [5.41, 5.74) is 5.03. The summed E-state index contributed by atoms with van der Waals surface area (Å²) in [5.74, 6) is 5.47. The van der Waals surface area contributed by atoms with Crippen LogP contribution in [0.15, 0.2) is 30.3 Å². The Labute approximate surface area is 83.1 Å². The highest BCUT2D eigenvalue weighted by molar-refractivity contribution is 5.37. The summed E-state index contributed by atoms with van der Waals surface area (Å²) in [7, 11) is 0. The van der Waals surface area contributed by atoms with E-state index in [1.165, 1.54) is 0 Å². The molecule has 2 rings (SSSR count). The smallest absolute Gasteiger partial charge is 0.174 e. The Kier molecular flexibility index (Phi) is 2.26. The highest BCUT2D eigenvalue weighted by Crippen LogP contribution is 2.34. The molecule has 1 aromatic carbocycles. The van der Waals surface area contributed by atoms with E-state index in [9.17, 15) is 4.39 Å². The van der Waals surface area contributed by atoms with Crippen molar-refractivity contribution in [2.24, 2.45) is 5.73 Å². The highest BCUT2D eigenvalue weighted by atomic mass is 19.1. The Morgan fingerprint density at radius 1 is 1.29 bits per heavy atom. The second kappa shape index (κ2) is 3.43. The first kappa shape index (κ1) is 9.23. The molecule has 1 aromatic rings. The maximum absolute atomic E-state index is 13.6. The number of benzene rings is 1. The normalized spacial score (nSPS) is 30.0. The minimum atomic E-state index is -1.34. The number of alkyl halides is 1. The van der Waals surface area contributed by atoms with Gasteiger partial charge in [-0.15, -0.1) is 0 Å². The molecular weight excluding hydrogens is 177 g/mol. The van der Waals surface area contributed by atoms with E-state index < -0.39 is 5.67 Å². The zero-order valence-electron chi connectivity index (χ0n) is 7.83. The van der Waals surface area contributed by atoms with Crippen molar-refractivity contribution in [2.45, 2.75) is 24.6 Å². The second-order valence-corrected chi connectivity index (χ2v) is 3.75. The van der Waals surface area contributed by atoms with Gasteiger partial charge in [0.05, 0.1) is 0 Å². The van der Waals surface area contributed by atoms with Crippen LogP contribution in [0.1, 0.15) is 18.4 Å².